The van der Waals surface area contributed by atoms with Crippen molar-refractivity contribution in [2.45, 2.75) is 19.4 Å². The summed E-state index contributed by atoms with van der Waals surface area (Å²) < 4.78 is 5.35. The molecule has 0 bridgehead atoms. The number of aliphatic carboxylic acids is 1. The average molecular weight is 307 g/mol. The van der Waals surface area contributed by atoms with Gasteiger partial charge in [-0.2, -0.15) is 0 Å². The molecule has 117 valence electrons. The minimum Gasteiger partial charge on any atom is -0.494 e. The second-order valence-electron chi connectivity index (χ2n) is 4.30. The number of ether oxygens (including phenoxy) is 1. The van der Waals surface area contributed by atoms with Gasteiger partial charge in [-0.05, 0) is 24.3 Å². The summed E-state index contributed by atoms with van der Waals surface area (Å²) in [5.41, 5.74) is 0.134. The molecular weight excluding hydrogens is 292 g/mol. The van der Waals surface area contributed by atoms with E-state index in [1.807, 2.05) is 0 Å². The third kappa shape index (κ3) is 5.23. The summed E-state index contributed by atoms with van der Waals surface area (Å²) in [6.07, 6.45) is 1.58. The molecule has 1 amide bonds. The predicted molar refractivity (Wildman–Crippen MR) is 75.8 cm³/mol. The van der Waals surface area contributed by atoms with Crippen LogP contribution < -0.4 is 10.1 Å². The summed E-state index contributed by atoms with van der Waals surface area (Å²) in [4.78, 5) is 32.3. The van der Waals surface area contributed by atoms with E-state index in [0.717, 1.165) is 0 Å². The molecule has 3 N–H and O–H groups in total. The van der Waals surface area contributed by atoms with Gasteiger partial charge >= 0.3 is 5.97 Å². The Hall–Kier alpha value is -2.90. The Morgan fingerprint density at radius 2 is 2.00 bits per heavy atom. The molecule has 0 aliphatic heterocycles. The van der Waals surface area contributed by atoms with Gasteiger partial charge in [0.25, 0.3) is 6.29 Å². The van der Waals surface area contributed by atoms with E-state index in [2.05, 4.69) is 10.5 Å². The largest absolute Gasteiger partial charge is 0.494 e. The monoisotopic (exact) mass is 307 g/mol. The van der Waals surface area contributed by atoms with E-state index < -0.39 is 17.9 Å². The van der Waals surface area contributed by atoms with Gasteiger partial charge in [-0.15, -0.1) is 0 Å². The van der Waals surface area contributed by atoms with Crippen LogP contribution in [0, 0.1) is 0 Å². The van der Waals surface area contributed by atoms with Gasteiger partial charge in [-0.1, -0.05) is 5.16 Å². The molecule has 0 aromatic heterocycles. The SMILES string of the molecule is CC(=O)NC(CCOc1ccc(C([C]=O)=NO)cc1)C(=O)O. The van der Waals surface area contributed by atoms with Crippen molar-refractivity contribution in [1.82, 2.24) is 5.32 Å². The number of carbonyl (C=O) groups excluding carboxylic acids is 2. The van der Waals surface area contributed by atoms with Gasteiger partial charge in [-0.25, -0.2) is 4.79 Å². The highest BCUT2D eigenvalue weighted by Crippen LogP contribution is 2.13. The van der Waals surface area contributed by atoms with Gasteiger partial charge in [0, 0.05) is 18.9 Å². The van der Waals surface area contributed by atoms with Crippen molar-refractivity contribution < 1.29 is 29.4 Å². The minimum atomic E-state index is -1.14. The molecule has 0 heterocycles. The molecule has 1 rings (SSSR count). The molecule has 8 nitrogen and oxygen atoms in total. The van der Waals surface area contributed by atoms with Crippen LogP contribution in [0.1, 0.15) is 18.9 Å². The lowest BCUT2D eigenvalue weighted by Gasteiger charge is -2.13. The number of amides is 1. The van der Waals surface area contributed by atoms with Crippen molar-refractivity contribution in [1.29, 1.82) is 0 Å². The van der Waals surface area contributed by atoms with Gasteiger partial charge in [0.2, 0.25) is 5.91 Å². The summed E-state index contributed by atoms with van der Waals surface area (Å²) in [6, 6.07) is 5.04. The maximum Gasteiger partial charge on any atom is 0.326 e. The Balaban J connectivity index is 2.56. The lowest BCUT2D eigenvalue weighted by Crippen LogP contribution is -2.40. The molecule has 1 unspecified atom stereocenters. The lowest BCUT2D eigenvalue weighted by atomic mass is 10.1. The quantitative estimate of drug-likeness (QED) is 0.361. The van der Waals surface area contributed by atoms with E-state index in [-0.39, 0.29) is 18.7 Å². The molecule has 22 heavy (non-hydrogen) atoms. The highest BCUT2D eigenvalue weighted by Gasteiger charge is 2.18. The lowest BCUT2D eigenvalue weighted by molar-refractivity contribution is -0.141. The first kappa shape index (κ1) is 17.2. The number of carboxylic acid groups (broad SMARTS) is 1. The molecule has 1 radical (unpaired) electrons. The third-order valence-corrected chi connectivity index (χ3v) is 2.68. The minimum absolute atomic E-state index is 0.0807. The number of benzene rings is 1. The smallest absolute Gasteiger partial charge is 0.326 e. The van der Waals surface area contributed by atoms with Crippen LogP contribution in [0.3, 0.4) is 0 Å². The Bertz CT molecular complexity index is 567. The summed E-state index contributed by atoms with van der Waals surface area (Å²) in [5, 5.41) is 22.6. The van der Waals surface area contributed by atoms with E-state index in [0.29, 0.717) is 11.3 Å². The van der Waals surface area contributed by atoms with Crippen LogP contribution >= 0.6 is 0 Å². The van der Waals surface area contributed by atoms with Gasteiger partial charge < -0.3 is 20.4 Å². The van der Waals surface area contributed by atoms with Crippen molar-refractivity contribution in [3.8, 4) is 5.75 Å². The topological polar surface area (TPSA) is 125 Å². The van der Waals surface area contributed by atoms with Crippen LogP contribution in [0.25, 0.3) is 0 Å². The van der Waals surface area contributed by atoms with Crippen LogP contribution in [-0.4, -0.2) is 46.8 Å². The van der Waals surface area contributed by atoms with Gasteiger partial charge in [0.05, 0.1) is 6.61 Å². The van der Waals surface area contributed by atoms with Crippen molar-refractivity contribution >= 4 is 23.9 Å². The molecule has 1 aromatic carbocycles. The van der Waals surface area contributed by atoms with Gasteiger partial charge in [-0.3, -0.25) is 9.59 Å². The van der Waals surface area contributed by atoms with E-state index in [9.17, 15) is 14.4 Å². The van der Waals surface area contributed by atoms with E-state index in [4.69, 9.17) is 15.1 Å². The standard InChI is InChI=1S/C14H15N2O6/c1-9(18)15-12(14(19)20)6-7-22-11-4-2-10(3-5-11)13(8-17)16-21/h2-5,12,21H,6-7H2,1H3,(H,15,18)(H,19,20). The Labute approximate surface area is 126 Å². The van der Waals surface area contributed by atoms with Crippen LogP contribution in [-0.2, 0) is 14.4 Å². The number of hydrogen-bond acceptors (Lipinski definition) is 6. The maximum absolute atomic E-state index is 10.9. The second-order valence-corrected chi connectivity index (χ2v) is 4.30. The third-order valence-electron chi connectivity index (χ3n) is 2.68. The molecular formula is C14H15N2O6. The first-order valence-electron chi connectivity index (χ1n) is 6.31. The van der Waals surface area contributed by atoms with Crippen molar-refractivity contribution in [3.63, 3.8) is 0 Å². The number of oxime groups is 1. The fourth-order valence-electron chi connectivity index (χ4n) is 1.64. The molecule has 0 aliphatic rings. The zero-order valence-electron chi connectivity index (χ0n) is 11.8. The Morgan fingerprint density at radius 3 is 2.45 bits per heavy atom. The number of carboxylic acids is 1. The highest BCUT2D eigenvalue weighted by molar-refractivity contribution is 6.36. The molecule has 8 heteroatoms. The molecule has 0 spiro atoms. The number of carbonyl (C=O) groups is 2. The molecule has 0 saturated carbocycles. The van der Waals surface area contributed by atoms with Crippen LogP contribution in [0.15, 0.2) is 29.4 Å². The molecule has 0 fully saturated rings. The fraction of sp³-hybridized carbons (Fsp3) is 0.286. The first-order chi connectivity index (χ1) is 10.5. The number of nitrogens with one attached hydrogen (secondary N) is 1. The summed E-state index contributed by atoms with van der Waals surface area (Å²) in [5.74, 6) is -1.13. The molecule has 0 saturated heterocycles. The Kier molecular flexibility index (Phi) is 6.55. The van der Waals surface area contributed by atoms with Crippen LogP contribution in [0.4, 0.5) is 0 Å². The average Bonchev–Trinajstić information content (AvgIpc) is 2.48. The van der Waals surface area contributed by atoms with E-state index in [1.54, 1.807) is 0 Å². The van der Waals surface area contributed by atoms with Crippen molar-refractivity contribution in [2.75, 3.05) is 6.61 Å². The van der Waals surface area contributed by atoms with Crippen molar-refractivity contribution in [2.24, 2.45) is 5.16 Å². The highest BCUT2D eigenvalue weighted by atomic mass is 16.5. The molecule has 0 aliphatic carbocycles. The number of rotatable bonds is 8. The normalized spacial score (nSPS) is 12.3. The summed E-state index contributed by atoms with van der Waals surface area (Å²) in [7, 11) is 0. The van der Waals surface area contributed by atoms with Crippen molar-refractivity contribution in [3.05, 3.63) is 29.8 Å². The second kappa shape index (κ2) is 8.40. The van der Waals surface area contributed by atoms with Crippen LogP contribution in [0.2, 0.25) is 0 Å². The molecule has 1 aromatic rings. The first-order valence-corrected chi connectivity index (χ1v) is 6.31. The summed E-state index contributed by atoms with van der Waals surface area (Å²) >= 11 is 0. The van der Waals surface area contributed by atoms with Gasteiger partial charge in [0.15, 0.2) is 5.71 Å². The van der Waals surface area contributed by atoms with Gasteiger partial charge in [0.1, 0.15) is 11.8 Å². The fourth-order valence-corrected chi connectivity index (χ4v) is 1.64. The molecule has 1 atom stereocenters. The zero-order valence-corrected chi connectivity index (χ0v) is 11.8. The van der Waals surface area contributed by atoms with E-state index in [1.165, 1.54) is 37.5 Å². The number of hydrogen-bond donors (Lipinski definition) is 3. The summed E-state index contributed by atoms with van der Waals surface area (Å²) in [6.45, 7) is 1.32. The Morgan fingerprint density at radius 1 is 1.36 bits per heavy atom. The zero-order chi connectivity index (χ0) is 16.5. The predicted octanol–water partition coefficient (Wildman–Crippen LogP) is 0.333. The van der Waals surface area contributed by atoms with E-state index >= 15 is 0 Å². The number of nitrogens with zero attached hydrogens (tertiary/aromatic N) is 1. The van der Waals surface area contributed by atoms with Crippen LogP contribution in [0.5, 0.6) is 5.75 Å². The maximum atomic E-state index is 10.9.